The van der Waals surface area contributed by atoms with Gasteiger partial charge >= 0.3 is 6.01 Å². The minimum atomic E-state index is -1.03. The molecule has 3 saturated heterocycles. The lowest BCUT2D eigenvalue weighted by molar-refractivity contribution is 0.0612. The summed E-state index contributed by atoms with van der Waals surface area (Å²) >= 11 is 0. The maximum Gasteiger partial charge on any atom is 0.319 e. The second kappa shape index (κ2) is 11.5. The van der Waals surface area contributed by atoms with Crippen LogP contribution < -0.4 is 15.0 Å². The second-order valence-corrected chi connectivity index (χ2v) is 13.6. The van der Waals surface area contributed by atoms with Gasteiger partial charge in [0.15, 0.2) is 5.82 Å². The van der Waals surface area contributed by atoms with Gasteiger partial charge in [-0.05, 0) is 55.3 Å². The molecule has 0 radical (unpaired) electrons. The summed E-state index contributed by atoms with van der Waals surface area (Å²) in [6, 6.07) is 9.80. The first kappa shape index (κ1) is 30.2. The van der Waals surface area contributed by atoms with Crippen molar-refractivity contribution >= 4 is 27.5 Å². The van der Waals surface area contributed by atoms with Crippen molar-refractivity contribution in [2.75, 3.05) is 51.3 Å². The van der Waals surface area contributed by atoms with Crippen molar-refractivity contribution in [3.63, 3.8) is 0 Å². The number of phenolic OH excluding ortho intramolecular Hbond substituents is 1. The molecule has 47 heavy (non-hydrogen) atoms. The fourth-order valence-corrected chi connectivity index (χ4v) is 7.79. The minimum absolute atomic E-state index is 0.00533. The molecular formula is C36H36F3N5O3. The number of hydrogen-bond donors (Lipinski definition) is 2. The first-order valence-corrected chi connectivity index (χ1v) is 16.2. The Morgan fingerprint density at radius 3 is 2.57 bits per heavy atom. The SMILES string of the molecule is C#Cc1cccc2cc(O)cc(-c3c(F)cc4c(N5CC6CCC(C5)N6)nc(OCC5(CN6C[C@@H](F)[C@H](OC)C6)CC5)nc4c3F)c12. The third-order valence-electron chi connectivity index (χ3n) is 10.3. The topological polar surface area (TPSA) is 83.0 Å². The number of rotatable bonds is 8. The Labute approximate surface area is 270 Å². The number of alkyl halides is 1. The van der Waals surface area contributed by atoms with Crippen LogP contribution in [0.1, 0.15) is 31.2 Å². The predicted molar refractivity (Wildman–Crippen MR) is 173 cm³/mol. The molecule has 2 N–H and O–H groups in total. The van der Waals surface area contributed by atoms with Gasteiger partial charge in [0, 0.05) is 79.2 Å². The Morgan fingerprint density at radius 1 is 1.09 bits per heavy atom. The molecule has 2 unspecified atom stereocenters. The van der Waals surface area contributed by atoms with Gasteiger partial charge in [-0.3, -0.25) is 4.90 Å². The molecule has 3 aliphatic heterocycles. The molecule has 4 aliphatic rings. The van der Waals surface area contributed by atoms with Crippen LogP contribution in [0.5, 0.6) is 11.8 Å². The molecule has 1 aromatic heterocycles. The van der Waals surface area contributed by atoms with Crippen molar-refractivity contribution in [3.8, 4) is 35.2 Å². The van der Waals surface area contributed by atoms with E-state index in [1.807, 2.05) is 0 Å². The van der Waals surface area contributed by atoms with E-state index in [1.165, 1.54) is 25.3 Å². The Bertz CT molecular complexity index is 1920. The monoisotopic (exact) mass is 643 g/mol. The minimum Gasteiger partial charge on any atom is -0.508 e. The maximum absolute atomic E-state index is 16.9. The van der Waals surface area contributed by atoms with Gasteiger partial charge in [-0.2, -0.15) is 9.97 Å². The summed E-state index contributed by atoms with van der Waals surface area (Å²) in [5.74, 6) is 1.18. The van der Waals surface area contributed by atoms with Crippen molar-refractivity contribution in [1.29, 1.82) is 0 Å². The van der Waals surface area contributed by atoms with Crippen molar-refractivity contribution in [1.82, 2.24) is 20.2 Å². The van der Waals surface area contributed by atoms with Crippen molar-refractivity contribution in [2.45, 2.75) is 50.0 Å². The normalized spacial score (nSPS) is 25.0. The number of anilines is 1. The second-order valence-electron chi connectivity index (χ2n) is 13.6. The van der Waals surface area contributed by atoms with Crippen LogP contribution in [0, 0.1) is 29.4 Å². The number of aromatic hydroxyl groups is 1. The number of nitrogens with one attached hydrogen (secondary N) is 1. The van der Waals surface area contributed by atoms with Crippen LogP contribution in [-0.2, 0) is 4.74 Å². The first-order chi connectivity index (χ1) is 22.7. The van der Waals surface area contributed by atoms with E-state index in [4.69, 9.17) is 20.9 Å². The number of methoxy groups -OCH3 is 1. The van der Waals surface area contributed by atoms with E-state index in [0.717, 1.165) is 25.7 Å². The van der Waals surface area contributed by atoms with Crippen LogP contribution in [0.15, 0.2) is 36.4 Å². The highest BCUT2D eigenvalue weighted by molar-refractivity contribution is 6.04. The fourth-order valence-electron chi connectivity index (χ4n) is 7.79. The van der Waals surface area contributed by atoms with E-state index in [0.29, 0.717) is 54.9 Å². The Hall–Kier alpha value is -4.11. The molecule has 4 aromatic rings. The Kier molecular flexibility index (Phi) is 7.43. The summed E-state index contributed by atoms with van der Waals surface area (Å²) in [6.45, 7) is 3.05. The summed E-state index contributed by atoms with van der Waals surface area (Å²) in [5.41, 5.74) is -0.0129. The van der Waals surface area contributed by atoms with Gasteiger partial charge in [-0.15, -0.1) is 6.42 Å². The van der Waals surface area contributed by atoms with Gasteiger partial charge in [0.1, 0.15) is 35.2 Å². The molecule has 4 fully saturated rings. The van der Waals surface area contributed by atoms with E-state index >= 15 is 8.78 Å². The standard InChI is InChI=1S/C36H36F3N5O3/c1-3-20-5-4-6-21-11-24(45)12-25(30(20)21)31-27(37)13-26-33(32(31)39)41-35(42-34(26)44-14-22-7-8-23(15-44)40-22)47-19-36(9-10-36)18-43-16-28(38)29(17-43)46-2/h1,4-6,11-13,22-23,28-29,40,45H,7-10,14-19H2,2H3/t22?,23?,28-,29-/m1/s1. The molecule has 0 amide bonds. The van der Waals surface area contributed by atoms with Crippen molar-refractivity contribution in [2.24, 2.45) is 5.41 Å². The lowest BCUT2D eigenvalue weighted by Crippen LogP contribution is -2.51. The van der Waals surface area contributed by atoms with Gasteiger partial charge in [0.2, 0.25) is 0 Å². The average molecular weight is 644 g/mol. The van der Waals surface area contributed by atoms with Crippen LogP contribution in [0.4, 0.5) is 19.0 Å². The number of aromatic nitrogens is 2. The highest BCUT2D eigenvalue weighted by Crippen LogP contribution is 2.47. The van der Waals surface area contributed by atoms with Gasteiger partial charge in [0.25, 0.3) is 0 Å². The number of terminal acetylenes is 1. The van der Waals surface area contributed by atoms with Crippen LogP contribution in [0.3, 0.4) is 0 Å². The molecule has 2 bridgehead atoms. The third kappa shape index (κ3) is 5.42. The molecular weight excluding hydrogens is 607 g/mol. The fraction of sp³-hybridized carbons (Fsp3) is 0.444. The van der Waals surface area contributed by atoms with E-state index < -0.39 is 23.9 Å². The number of piperazine rings is 1. The van der Waals surface area contributed by atoms with Gasteiger partial charge in [-0.25, -0.2) is 13.2 Å². The Balaban J connectivity index is 1.21. The average Bonchev–Trinajstić information content (AvgIpc) is 3.61. The van der Waals surface area contributed by atoms with Crippen LogP contribution in [-0.4, -0.2) is 90.8 Å². The number of hydrogen-bond acceptors (Lipinski definition) is 8. The highest BCUT2D eigenvalue weighted by Gasteiger charge is 2.47. The van der Waals surface area contributed by atoms with Gasteiger partial charge in [0.05, 0.1) is 12.2 Å². The van der Waals surface area contributed by atoms with Gasteiger partial charge < -0.3 is 24.8 Å². The van der Waals surface area contributed by atoms with Crippen LogP contribution >= 0.6 is 0 Å². The molecule has 8 rings (SSSR count). The molecule has 244 valence electrons. The predicted octanol–water partition coefficient (Wildman–Crippen LogP) is 5.18. The van der Waals surface area contributed by atoms with E-state index in [-0.39, 0.29) is 57.9 Å². The summed E-state index contributed by atoms with van der Waals surface area (Å²) < 4.78 is 59.0. The molecule has 4 atom stereocenters. The number of halogens is 3. The lowest BCUT2D eigenvalue weighted by atomic mass is 9.93. The number of benzene rings is 3. The van der Waals surface area contributed by atoms with Crippen molar-refractivity contribution < 1.29 is 27.8 Å². The smallest absolute Gasteiger partial charge is 0.319 e. The zero-order chi connectivity index (χ0) is 32.4. The van der Waals surface area contributed by atoms with E-state index in [2.05, 4.69) is 26.0 Å². The molecule has 1 saturated carbocycles. The number of ether oxygens (including phenoxy) is 2. The molecule has 3 aromatic carbocycles. The summed E-state index contributed by atoms with van der Waals surface area (Å²) in [7, 11) is 1.53. The molecule has 8 nitrogen and oxygen atoms in total. The van der Waals surface area contributed by atoms with E-state index in [1.54, 1.807) is 18.2 Å². The zero-order valence-corrected chi connectivity index (χ0v) is 26.1. The number of likely N-dealkylation sites (tertiary alicyclic amines) is 1. The lowest BCUT2D eigenvalue weighted by Gasteiger charge is -2.34. The maximum atomic E-state index is 16.9. The van der Waals surface area contributed by atoms with E-state index in [9.17, 15) is 9.50 Å². The van der Waals surface area contributed by atoms with Crippen molar-refractivity contribution in [3.05, 3.63) is 53.6 Å². The van der Waals surface area contributed by atoms with Crippen LogP contribution in [0.25, 0.3) is 32.8 Å². The zero-order valence-electron chi connectivity index (χ0n) is 26.1. The summed E-state index contributed by atoms with van der Waals surface area (Å²) in [6.07, 6.45) is 8.17. The number of fused-ring (bicyclic) bond motifs is 4. The molecule has 0 spiro atoms. The molecule has 11 heteroatoms. The number of nitrogens with zero attached hydrogens (tertiary/aromatic N) is 4. The van der Waals surface area contributed by atoms with Gasteiger partial charge in [-0.1, -0.05) is 18.1 Å². The highest BCUT2D eigenvalue weighted by atomic mass is 19.1. The number of phenols is 1. The third-order valence-corrected chi connectivity index (χ3v) is 10.3. The summed E-state index contributed by atoms with van der Waals surface area (Å²) in [5, 5.41) is 15.4. The first-order valence-electron chi connectivity index (χ1n) is 16.2. The van der Waals surface area contributed by atoms with Crippen LogP contribution in [0.2, 0.25) is 0 Å². The summed E-state index contributed by atoms with van der Waals surface area (Å²) in [4.78, 5) is 13.4. The quantitative estimate of drug-likeness (QED) is 0.254. The molecule has 1 aliphatic carbocycles. The largest absolute Gasteiger partial charge is 0.508 e. The molecule has 4 heterocycles. The Morgan fingerprint density at radius 2 is 1.87 bits per heavy atom.